The molecule has 4 rings (SSSR count). The van der Waals surface area contributed by atoms with E-state index >= 15 is 0 Å². The molecular formula is C25H22BrN3O3. The summed E-state index contributed by atoms with van der Waals surface area (Å²) < 4.78 is 13.7. The molecule has 1 N–H and O–H groups in total. The van der Waals surface area contributed by atoms with Gasteiger partial charge in [0.1, 0.15) is 17.2 Å². The third kappa shape index (κ3) is 4.38. The van der Waals surface area contributed by atoms with E-state index in [-0.39, 0.29) is 5.91 Å². The van der Waals surface area contributed by atoms with E-state index in [1.54, 1.807) is 31.3 Å². The largest absolute Gasteiger partial charge is 0.496 e. The second kappa shape index (κ2) is 9.70. The number of nitrogens with one attached hydrogen (secondary N) is 1. The van der Waals surface area contributed by atoms with E-state index in [0.29, 0.717) is 12.2 Å². The molecule has 32 heavy (non-hydrogen) atoms. The van der Waals surface area contributed by atoms with Crippen molar-refractivity contribution in [2.75, 3.05) is 14.2 Å². The van der Waals surface area contributed by atoms with Gasteiger partial charge in [0.25, 0.3) is 5.91 Å². The van der Waals surface area contributed by atoms with Crippen molar-refractivity contribution >= 4 is 21.8 Å². The minimum absolute atomic E-state index is 0.200. The first kappa shape index (κ1) is 21.6. The number of rotatable bonds is 7. The lowest BCUT2D eigenvalue weighted by molar-refractivity contribution is 0.0944. The van der Waals surface area contributed by atoms with Crippen molar-refractivity contribution in [3.63, 3.8) is 0 Å². The van der Waals surface area contributed by atoms with Crippen LogP contribution in [0, 0.1) is 0 Å². The average Bonchev–Trinajstić information content (AvgIpc) is 3.33. The summed E-state index contributed by atoms with van der Waals surface area (Å²) in [6.07, 6.45) is 3.19. The fraction of sp³-hybridized carbons (Fsp3) is 0.120. The summed E-state index contributed by atoms with van der Waals surface area (Å²) in [5, 5.41) is 2.96. The number of carbonyl (C=O) groups is 1. The van der Waals surface area contributed by atoms with Crippen molar-refractivity contribution in [1.82, 2.24) is 14.9 Å². The second-order valence-corrected chi connectivity index (χ2v) is 7.86. The van der Waals surface area contributed by atoms with E-state index in [2.05, 4.69) is 26.2 Å². The van der Waals surface area contributed by atoms with Gasteiger partial charge in [0.2, 0.25) is 0 Å². The van der Waals surface area contributed by atoms with Crippen LogP contribution in [0.3, 0.4) is 0 Å². The number of methoxy groups -OCH3 is 2. The van der Waals surface area contributed by atoms with Crippen molar-refractivity contribution in [3.05, 3.63) is 95.0 Å². The van der Waals surface area contributed by atoms with Crippen LogP contribution in [0.1, 0.15) is 16.1 Å². The zero-order valence-corrected chi connectivity index (χ0v) is 19.3. The first-order valence-corrected chi connectivity index (χ1v) is 10.8. The SMILES string of the molecule is COc1cccc(OC)c1-c1ccc(-n2cncc2C(=O)NCc2ccccc2Br)cc1. The van der Waals surface area contributed by atoms with Gasteiger partial charge in [-0.2, -0.15) is 0 Å². The van der Waals surface area contributed by atoms with Crippen LogP contribution in [0.4, 0.5) is 0 Å². The number of nitrogens with zero attached hydrogens (tertiary/aromatic N) is 2. The maximum absolute atomic E-state index is 12.8. The number of halogens is 1. The molecule has 0 bridgehead atoms. The predicted molar refractivity (Wildman–Crippen MR) is 127 cm³/mol. The van der Waals surface area contributed by atoms with Crippen LogP contribution in [-0.4, -0.2) is 29.7 Å². The van der Waals surface area contributed by atoms with Gasteiger partial charge in [-0.05, 0) is 41.5 Å². The van der Waals surface area contributed by atoms with Gasteiger partial charge in [-0.3, -0.25) is 9.36 Å². The number of hydrogen-bond acceptors (Lipinski definition) is 4. The quantitative estimate of drug-likeness (QED) is 0.383. The standard InChI is InChI=1S/C25H22BrN3O3/c1-31-22-8-5-9-23(32-2)24(22)17-10-12-19(13-11-17)29-16-27-15-21(29)25(30)28-14-18-6-3-4-7-20(18)26/h3-13,15-16H,14H2,1-2H3,(H,28,30). The lowest BCUT2D eigenvalue weighted by Gasteiger charge is -2.14. The van der Waals surface area contributed by atoms with Gasteiger partial charge in [0.15, 0.2) is 0 Å². The van der Waals surface area contributed by atoms with Crippen LogP contribution >= 0.6 is 15.9 Å². The second-order valence-electron chi connectivity index (χ2n) is 7.01. The maximum Gasteiger partial charge on any atom is 0.270 e. The number of amides is 1. The molecule has 7 heteroatoms. The summed E-state index contributed by atoms with van der Waals surface area (Å²) in [4.78, 5) is 17.0. The van der Waals surface area contributed by atoms with Crippen LogP contribution in [0.15, 0.2) is 83.7 Å². The lowest BCUT2D eigenvalue weighted by atomic mass is 10.0. The first-order chi connectivity index (χ1) is 15.6. The zero-order valence-electron chi connectivity index (χ0n) is 17.7. The number of imidazole rings is 1. The highest BCUT2D eigenvalue weighted by Crippen LogP contribution is 2.38. The van der Waals surface area contributed by atoms with Gasteiger partial charge < -0.3 is 14.8 Å². The summed E-state index contributed by atoms with van der Waals surface area (Å²) in [7, 11) is 3.27. The highest BCUT2D eigenvalue weighted by Gasteiger charge is 2.15. The van der Waals surface area contributed by atoms with Gasteiger partial charge in [-0.15, -0.1) is 0 Å². The highest BCUT2D eigenvalue weighted by atomic mass is 79.9. The number of aromatic nitrogens is 2. The molecule has 0 spiro atoms. The van der Waals surface area contributed by atoms with Crippen LogP contribution in [0.5, 0.6) is 11.5 Å². The van der Waals surface area contributed by atoms with Crippen LogP contribution in [-0.2, 0) is 6.54 Å². The topological polar surface area (TPSA) is 65.4 Å². The van der Waals surface area contributed by atoms with Crippen LogP contribution in [0.2, 0.25) is 0 Å². The van der Waals surface area contributed by atoms with Crippen molar-refractivity contribution in [2.24, 2.45) is 0 Å². The molecule has 1 aromatic heterocycles. The van der Waals surface area contributed by atoms with Crippen LogP contribution in [0.25, 0.3) is 16.8 Å². The Morgan fingerprint density at radius 3 is 2.31 bits per heavy atom. The summed E-state index contributed by atoms with van der Waals surface area (Å²) >= 11 is 3.51. The fourth-order valence-electron chi connectivity index (χ4n) is 3.50. The molecule has 0 aliphatic carbocycles. The van der Waals surface area contributed by atoms with Gasteiger partial charge >= 0.3 is 0 Å². The molecule has 6 nitrogen and oxygen atoms in total. The Balaban J connectivity index is 1.57. The average molecular weight is 492 g/mol. The molecule has 0 aliphatic heterocycles. The molecule has 0 atom stereocenters. The first-order valence-electron chi connectivity index (χ1n) is 9.98. The maximum atomic E-state index is 12.8. The van der Waals surface area contributed by atoms with E-state index in [4.69, 9.17) is 9.47 Å². The Hall–Kier alpha value is -3.58. The zero-order chi connectivity index (χ0) is 22.5. The van der Waals surface area contributed by atoms with Gasteiger partial charge in [-0.1, -0.05) is 52.3 Å². The number of carbonyl (C=O) groups excluding carboxylic acids is 1. The van der Waals surface area contributed by atoms with E-state index in [0.717, 1.165) is 38.3 Å². The summed E-state index contributed by atoms with van der Waals surface area (Å²) in [5.74, 6) is 1.26. The minimum atomic E-state index is -0.200. The summed E-state index contributed by atoms with van der Waals surface area (Å²) in [5.41, 5.74) is 4.11. The van der Waals surface area contributed by atoms with Gasteiger partial charge in [0, 0.05) is 16.7 Å². The fourth-order valence-corrected chi connectivity index (χ4v) is 3.93. The van der Waals surface area contributed by atoms with Crippen molar-refractivity contribution < 1.29 is 14.3 Å². The number of benzene rings is 3. The van der Waals surface area contributed by atoms with Crippen molar-refractivity contribution in [2.45, 2.75) is 6.54 Å². The van der Waals surface area contributed by atoms with Crippen LogP contribution < -0.4 is 14.8 Å². The third-order valence-electron chi connectivity index (χ3n) is 5.13. The number of ether oxygens (including phenoxy) is 2. The molecule has 0 fully saturated rings. The Kier molecular flexibility index (Phi) is 6.56. The molecule has 0 saturated carbocycles. The molecular weight excluding hydrogens is 470 g/mol. The van der Waals surface area contributed by atoms with Crippen molar-refractivity contribution in [3.8, 4) is 28.3 Å². The van der Waals surface area contributed by atoms with E-state index < -0.39 is 0 Å². The summed E-state index contributed by atoms with van der Waals surface area (Å²) in [6, 6.07) is 21.3. The molecule has 0 radical (unpaired) electrons. The van der Waals surface area contributed by atoms with E-state index in [1.807, 2.05) is 66.7 Å². The third-order valence-corrected chi connectivity index (χ3v) is 5.90. The van der Waals surface area contributed by atoms with E-state index in [1.165, 1.54) is 0 Å². The summed E-state index contributed by atoms with van der Waals surface area (Å²) in [6.45, 7) is 0.415. The molecule has 3 aromatic carbocycles. The minimum Gasteiger partial charge on any atom is -0.496 e. The molecule has 162 valence electrons. The molecule has 1 amide bonds. The number of hydrogen-bond donors (Lipinski definition) is 1. The Bertz CT molecular complexity index is 1210. The molecule has 0 aliphatic rings. The molecule has 4 aromatic rings. The Labute approximate surface area is 195 Å². The Morgan fingerprint density at radius 1 is 0.969 bits per heavy atom. The van der Waals surface area contributed by atoms with E-state index in [9.17, 15) is 4.79 Å². The lowest BCUT2D eigenvalue weighted by Crippen LogP contribution is -2.25. The van der Waals surface area contributed by atoms with Gasteiger partial charge in [0.05, 0.1) is 32.3 Å². The Morgan fingerprint density at radius 2 is 1.66 bits per heavy atom. The smallest absolute Gasteiger partial charge is 0.270 e. The predicted octanol–water partition coefficient (Wildman–Crippen LogP) is 5.25. The molecule has 0 saturated heterocycles. The monoisotopic (exact) mass is 491 g/mol. The normalized spacial score (nSPS) is 10.6. The molecule has 1 heterocycles. The van der Waals surface area contributed by atoms with Crippen molar-refractivity contribution in [1.29, 1.82) is 0 Å². The van der Waals surface area contributed by atoms with Gasteiger partial charge in [-0.25, -0.2) is 4.98 Å². The molecule has 0 unspecified atom stereocenters. The highest BCUT2D eigenvalue weighted by molar-refractivity contribution is 9.10.